The molecule has 2 aromatic rings. The van der Waals surface area contributed by atoms with Crippen LogP contribution in [0.5, 0.6) is 0 Å². The molecule has 0 radical (unpaired) electrons. The lowest BCUT2D eigenvalue weighted by Gasteiger charge is -2.03. The third-order valence-electron chi connectivity index (χ3n) is 2.20. The van der Waals surface area contributed by atoms with Crippen molar-refractivity contribution in [3.63, 3.8) is 0 Å². The summed E-state index contributed by atoms with van der Waals surface area (Å²) in [6.45, 7) is 2.00. The molecule has 0 amide bonds. The van der Waals surface area contributed by atoms with E-state index in [4.69, 9.17) is 16.3 Å². The maximum Gasteiger partial charge on any atom is 0.361 e. The minimum absolute atomic E-state index is 0.126. The summed E-state index contributed by atoms with van der Waals surface area (Å²) in [4.78, 5) is 11.7. The molecule has 5 nitrogen and oxygen atoms in total. The molecule has 1 heterocycles. The molecule has 0 bridgehead atoms. The van der Waals surface area contributed by atoms with E-state index < -0.39 is 5.97 Å². The Morgan fingerprint density at radius 1 is 1.50 bits per heavy atom. The number of H-pyrrole nitrogens is 1. The van der Waals surface area contributed by atoms with Gasteiger partial charge < -0.3 is 4.74 Å². The largest absolute Gasteiger partial charge is 0.461 e. The average Bonchev–Trinajstić information content (AvgIpc) is 2.78. The Bertz CT molecular complexity index is 585. The molecule has 0 aliphatic heterocycles. The molecule has 18 heavy (non-hydrogen) atoms. The first kappa shape index (κ1) is 13.0. The predicted octanol–water partition coefficient (Wildman–Crippen LogP) is 3.06. The van der Waals surface area contributed by atoms with Gasteiger partial charge in [-0.15, -0.1) is 5.10 Å². The maximum absolute atomic E-state index is 11.7. The fourth-order valence-corrected chi connectivity index (χ4v) is 2.20. The van der Waals surface area contributed by atoms with Crippen molar-refractivity contribution in [2.75, 3.05) is 6.61 Å². The Morgan fingerprint density at radius 3 is 2.94 bits per heavy atom. The van der Waals surface area contributed by atoms with Gasteiger partial charge in [0.05, 0.1) is 11.6 Å². The van der Waals surface area contributed by atoms with E-state index in [9.17, 15) is 4.79 Å². The van der Waals surface area contributed by atoms with E-state index in [-0.39, 0.29) is 12.3 Å². The Balaban J connectivity index is 2.45. The molecule has 0 unspecified atom stereocenters. The van der Waals surface area contributed by atoms with Crippen LogP contribution in [0, 0.1) is 0 Å². The lowest BCUT2D eigenvalue weighted by atomic mass is 10.1. The third kappa shape index (κ3) is 2.54. The number of aromatic amines is 1. The number of nitrogens with one attached hydrogen (secondary N) is 1. The van der Waals surface area contributed by atoms with Crippen molar-refractivity contribution in [2.24, 2.45) is 0 Å². The first-order valence-corrected chi connectivity index (χ1v) is 6.34. The smallest absolute Gasteiger partial charge is 0.361 e. The van der Waals surface area contributed by atoms with Gasteiger partial charge in [-0.2, -0.15) is 10.3 Å². The molecule has 94 valence electrons. The van der Waals surface area contributed by atoms with Gasteiger partial charge in [0.25, 0.3) is 0 Å². The molecule has 0 saturated heterocycles. The molecule has 0 saturated carbocycles. The summed E-state index contributed by atoms with van der Waals surface area (Å²) >= 11 is 9.42. The van der Waals surface area contributed by atoms with E-state index in [1.165, 1.54) is 0 Å². The molecule has 1 aromatic heterocycles. The number of hydrogen-bond donors (Lipinski definition) is 1. The molecule has 0 aliphatic rings. The van der Waals surface area contributed by atoms with Gasteiger partial charge in [0.2, 0.25) is 0 Å². The summed E-state index contributed by atoms with van der Waals surface area (Å²) in [7, 11) is 0. The normalized spacial score (nSPS) is 10.4. The van der Waals surface area contributed by atoms with E-state index in [0.717, 1.165) is 4.47 Å². The van der Waals surface area contributed by atoms with Gasteiger partial charge in [0, 0.05) is 10.0 Å². The molecule has 7 heteroatoms. The zero-order valence-corrected chi connectivity index (χ0v) is 11.7. The van der Waals surface area contributed by atoms with Crippen LogP contribution < -0.4 is 0 Å². The number of ether oxygens (including phenoxy) is 1. The second-order valence-corrected chi connectivity index (χ2v) is 4.69. The highest BCUT2D eigenvalue weighted by Gasteiger charge is 2.20. The van der Waals surface area contributed by atoms with Crippen LogP contribution in [0.2, 0.25) is 5.02 Å². The van der Waals surface area contributed by atoms with E-state index >= 15 is 0 Å². The Morgan fingerprint density at radius 2 is 2.28 bits per heavy atom. The molecule has 0 fully saturated rings. The summed E-state index contributed by atoms with van der Waals surface area (Å²) in [5.74, 6) is -0.528. The van der Waals surface area contributed by atoms with Crippen LogP contribution in [-0.2, 0) is 4.74 Å². The number of carbonyl (C=O) groups is 1. The van der Waals surface area contributed by atoms with Gasteiger partial charge in [-0.05, 0) is 19.1 Å². The van der Waals surface area contributed by atoms with Crippen molar-refractivity contribution in [3.05, 3.63) is 33.4 Å². The zero-order valence-electron chi connectivity index (χ0n) is 9.41. The number of esters is 1. The Labute approximate surface area is 117 Å². The van der Waals surface area contributed by atoms with Gasteiger partial charge in [-0.3, -0.25) is 0 Å². The lowest BCUT2D eigenvalue weighted by molar-refractivity contribution is 0.0520. The summed E-state index contributed by atoms with van der Waals surface area (Å²) < 4.78 is 5.74. The first-order chi connectivity index (χ1) is 8.63. The van der Waals surface area contributed by atoms with Crippen molar-refractivity contribution < 1.29 is 9.53 Å². The van der Waals surface area contributed by atoms with Crippen molar-refractivity contribution in [1.82, 2.24) is 15.4 Å². The molecule has 0 atom stereocenters. The van der Waals surface area contributed by atoms with E-state index in [1.807, 2.05) is 6.07 Å². The second kappa shape index (κ2) is 5.49. The molecule has 0 aliphatic carbocycles. The lowest BCUT2D eigenvalue weighted by Crippen LogP contribution is -2.06. The molecule has 1 N–H and O–H groups in total. The highest BCUT2D eigenvalue weighted by molar-refractivity contribution is 9.10. The fraction of sp³-hybridized carbons (Fsp3) is 0.182. The van der Waals surface area contributed by atoms with E-state index in [0.29, 0.717) is 16.3 Å². The molecule has 0 spiro atoms. The van der Waals surface area contributed by atoms with Crippen LogP contribution in [0.15, 0.2) is 22.7 Å². The molecule has 2 rings (SSSR count). The quantitative estimate of drug-likeness (QED) is 0.878. The van der Waals surface area contributed by atoms with Crippen LogP contribution in [0.25, 0.3) is 11.3 Å². The number of nitrogens with zero attached hydrogens (tertiary/aromatic N) is 2. The number of aromatic nitrogens is 3. The zero-order chi connectivity index (χ0) is 13.1. The summed E-state index contributed by atoms with van der Waals surface area (Å²) in [6, 6.07) is 5.29. The Kier molecular flexibility index (Phi) is 3.98. The van der Waals surface area contributed by atoms with Gasteiger partial charge in [-0.1, -0.05) is 33.6 Å². The van der Waals surface area contributed by atoms with Crippen LogP contribution in [0.1, 0.15) is 17.4 Å². The minimum atomic E-state index is -0.528. The Hall–Kier alpha value is -1.40. The number of hydrogen-bond acceptors (Lipinski definition) is 4. The van der Waals surface area contributed by atoms with E-state index in [2.05, 4.69) is 31.3 Å². The van der Waals surface area contributed by atoms with Crippen LogP contribution in [0.4, 0.5) is 0 Å². The predicted molar refractivity (Wildman–Crippen MR) is 70.5 cm³/mol. The number of halogens is 2. The van der Waals surface area contributed by atoms with E-state index in [1.54, 1.807) is 19.1 Å². The van der Waals surface area contributed by atoms with Gasteiger partial charge >= 0.3 is 5.97 Å². The van der Waals surface area contributed by atoms with Crippen molar-refractivity contribution in [1.29, 1.82) is 0 Å². The summed E-state index contributed by atoms with van der Waals surface area (Å²) in [5, 5.41) is 10.6. The molecular formula is C11H9BrClN3O2. The standard InChI is InChI=1S/C11H9BrClN3O2/c1-2-18-11(17)10-9(14-16-15-10)7-4-3-6(12)5-8(7)13/h3-5H,2H2,1H3,(H,14,15,16). The molecule has 1 aromatic carbocycles. The molecular weight excluding hydrogens is 321 g/mol. The van der Waals surface area contributed by atoms with Crippen LogP contribution in [0.3, 0.4) is 0 Å². The summed E-state index contributed by atoms with van der Waals surface area (Å²) in [5.41, 5.74) is 1.13. The van der Waals surface area contributed by atoms with Gasteiger partial charge in [-0.25, -0.2) is 4.79 Å². The summed E-state index contributed by atoms with van der Waals surface area (Å²) in [6.07, 6.45) is 0. The van der Waals surface area contributed by atoms with Crippen molar-refractivity contribution in [3.8, 4) is 11.3 Å². The number of carbonyl (C=O) groups excluding carboxylic acids is 1. The second-order valence-electron chi connectivity index (χ2n) is 3.37. The maximum atomic E-state index is 11.7. The van der Waals surface area contributed by atoms with Crippen LogP contribution in [-0.4, -0.2) is 28.0 Å². The number of benzene rings is 1. The van der Waals surface area contributed by atoms with Gasteiger partial charge in [0.15, 0.2) is 5.69 Å². The average molecular weight is 331 g/mol. The van der Waals surface area contributed by atoms with Gasteiger partial charge in [0.1, 0.15) is 5.69 Å². The highest BCUT2D eigenvalue weighted by atomic mass is 79.9. The topological polar surface area (TPSA) is 67.9 Å². The minimum Gasteiger partial charge on any atom is -0.461 e. The van der Waals surface area contributed by atoms with Crippen molar-refractivity contribution >= 4 is 33.5 Å². The fourth-order valence-electron chi connectivity index (χ4n) is 1.44. The number of rotatable bonds is 3. The monoisotopic (exact) mass is 329 g/mol. The first-order valence-electron chi connectivity index (χ1n) is 5.16. The van der Waals surface area contributed by atoms with Crippen molar-refractivity contribution in [2.45, 2.75) is 6.92 Å². The SMILES string of the molecule is CCOC(=O)c1n[nH]nc1-c1ccc(Br)cc1Cl. The third-order valence-corrected chi connectivity index (χ3v) is 3.01. The highest BCUT2D eigenvalue weighted by Crippen LogP contribution is 2.30. The van der Waals surface area contributed by atoms with Crippen LogP contribution >= 0.6 is 27.5 Å².